The molecule has 0 aromatic heterocycles. The number of hydrogen-bond donors (Lipinski definition) is 2. The van der Waals surface area contributed by atoms with E-state index in [0.717, 1.165) is 5.56 Å². The van der Waals surface area contributed by atoms with Gasteiger partial charge in [-0.25, -0.2) is 4.79 Å². The van der Waals surface area contributed by atoms with Gasteiger partial charge in [-0.3, -0.25) is 4.79 Å². The van der Waals surface area contributed by atoms with Crippen LogP contribution in [0.4, 0.5) is 0 Å². The van der Waals surface area contributed by atoms with E-state index in [2.05, 4.69) is 21.2 Å². The Balaban J connectivity index is 2.68. The Hall–Kier alpha value is -1.40. The van der Waals surface area contributed by atoms with E-state index in [9.17, 15) is 9.59 Å². The lowest BCUT2D eigenvalue weighted by atomic mass is 10.1. The van der Waals surface area contributed by atoms with Crippen LogP contribution in [0.1, 0.15) is 15.9 Å². The predicted octanol–water partition coefficient (Wildman–Crippen LogP) is 1.59. The lowest BCUT2D eigenvalue weighted by Crippen LogP contribution is -2.37. The van der Waals surface area contributed by atoms with Gasteiger partial charge in [0, 0.05) is 11.6 Å². The Kier molecular flexibility index (Phi) is 5.30. The number of carbonyl (C=O) groups excluding carboxylic acids is 1. The van der Waals surface area contributed by atoms with E-state index in [1.54, 1.807) is 6.07 Å². The molecule has 0 heterocycles. The molecule has 0 saturated carbocycles. The smallest absolute Gasteiger partial charge is 0.334 e. The summed E-state index contributed by atoms with van der Waals surface area (Å²) in [5.41, 5.74) is 1.49. The highest BCUT2D eigenvalue weighted by Crippen LogP contribution is 2.18. The highest BCUT2D eigenvalue weighted by molar-refractivity contribution is 9.10. The number of carbonyl (C=O) groups is 2. The Labute approximate surface area is 113 Å². The minimum Gasteiger partial charge on any atom is -0.479 e. The van der Waals surface area contributed by atoms with E-state index < -0.39 is 12.1 Å². The normalized spacial score (nSPS) is 11.9. The summed E-state index contributed by atoms with van der Waals surface area (Å²) in [6.07, 6.45) is -1.04. The minimum absolute atomic E-state index is 0.0784. The first-order chi connectivity index (χ1) is 8.45. The number of nitrogens with one attached hydrogen (secondary N) is 1. The Morgan fingerprint density at radius 2 is 2.17 bits per heavy atom. The molecular weight excluding hydrogens is 302 g/mol. The quantitative estimate of drug-likeness (QED) is 0.865. The second kappa shape index (κ2) is 6.51. The van der Waals surface area contributed by atoms with Crippen LogP contribution < -0.4 is 5.32 Å². The first-order valence-corrected chi connectivity index (χ1v) is 6.05. The number of hydrogen-bond acceptors (Lipinski definition) is 3. The summed E-state index contributed by atoms with van der Waals surface area (Å²) in [6.45, 7) is 1.84. The van der Waals surface area contributed by atoms with Crippen molar-refractivity contribution in [1.82, 2.24) is 5.32 Å². The van der Waals surface area contributed by atoms with Gasteiger partial charge >= 0.3 is 5.97 Å². The van der Waals surface area contributed by atoms with Crippen molar-refractivity contribution in [2.45, 2.75) is 13.0 Å². The van der Waals surface area contributed by atoms with Crippen molar-refractivity contribution in [3.63, 3.8) is 0 Å². The van der Waals surface area contributed by atoms with Crippen molar-refractivity contribution < 1.29 is 19.4 Å². The maximum absolute atomic E-state index is 11.8. The van der Waals surface area contributed by atoms with Crippen LogP contribution in [0.25, 0.3) is 0 Å². The van der Waals surface area contributed by atoms with E-state index in [1.807, 2.05) is 19.1 Å². The molecule has 0 aliphatic heterocycles. The largest absolute Gasteiger partial charge is 0.479 e. The van der Waals surface area contributed by atoms with Crippen LogP contribution in [-0.2, 0) is 9.53 Å². The molecule has 98 valence electrons. The van der Waals surface area contributed by atoms with Gasteiger partial charge in [0.05, 0.1) is 12.1 Å². The first-order valence-electron chi connectivity index (χ1n) is 5.25. The Morgan fingerprint density at radius 1 is 1.50 bits per heavy atom. The van der Waals surface area contributed by atoms with Gasteiger partial charge < -0.3 is 15.2 Å². The summed E-state index contributed by atoms with van der Waals surface area (Å²) in [7, 11) is 1.28. The highest BCUT2D eigenvalue weighted by atomic mass is 79.9. The van der Waals surface area contributed by atoms with Crippen LogP contribution in [0.2, 0.25) is 0 Å². The fraction of sp³-hybridized carbons (Fsp3) is 0.333. The van der Waals surface area contributed by atoms with Crippen molar-refractivity contribution >= 4 is 27.8 Å². The lowest BCUT2D eigenvalue weighted by molar-refractivity contribution is -0.148. The van der Waals surface area contributed by atoms with E-state index in [0.29, 0.717) is 10.0 Å². The van der Waals surface area contributed by atoms with Crippen LogP contribution >= 0.6 is 15.9 Å². The molecule has 0 aliphatic carbocycles. The van der Waals surface area contributed by atoms with E-state index in [4.69, 9.17) is 9.84 Å². The molecule has 1 unspecified atom stereocenters. The first kappa shape index (κ1) is 14.7. The summed E-state index contributed by atoms with van der Waals surface area (Å²) in [5.74, 6) is -1.45. The number of carboxylic acid groups (broad SMARTS) is 1. The Bertz CT molecular complexity index is 461. The van der Waals surface area contributed by atoms with Gasteiger partial charge in [-0.2, -0.15) is 0 Å². The van der Waals surface area contributed by atoms with Crippen LogP contribution in [0.15, 0.2) is 22.7 Å². The molecule has 0 spiro atoms. The Morgan fingerprint density at radius 3 is 2.67 bits per heavy atom. The molecule has 5 nitrogen and oxygen atoms in total. The van der Waals surface area contributed by atoms with Gasteiger partial charge in [-0.15, -0.1) is 0 Å². The summed E-state index contributed by atoms with van der Waals surface area (Å²) >= 11 is 3.29. The molecule has 1 amide bonds. The van der Waals surface area contributed by atoms with Crippen LogP contribution in [-0.4, -0.2) is 36.7 Å². The van der Waals surface area contributed by atoms with Crippen LogP contribution in [0.3, 0.4) is 0 Å². The number of amides is 1. The molecule has 18 heavy (non-hydrogen) atoms. The van der Waals surface area contributed by atoms with Crippen molar-refractivity contribution in [2.75, 3.05) is 13.7 Å². The number of aryl methyl sites for hydroxylation is 1. The van der Waals surface area contributed by atoms with Crippen molar-refractivity contribution in [3.8, 4) is 0 Å². The molecular formula is C12H14BrNO4. The number of carboxylic acids is 1. The molecule has 0 aliphatic rings. The van der Waals surface area contributed by atoms with E-state index >= 15 is 0 Å². The molecule has 0 bridgehead atoms. The SMILES string of the molecule is COC(CNC(=O)c1ccc(C)cc1Br)C(=O)O. The average Bonchev–Trinajstić information content (AvgIpc) is 2.28. The number of benzene rings is 1. The maximum Gasteiger partial charge on any atom is 0.334 e. The number of methoxy groups -OCH3 is 1. The summed E-state index contributed by atoms with van der Waals surface area (Å²) in [5, 5.41) is 11.3. The summed E-state index contributed by atoms with van der Waals surface area (Å²) < 4.78 is 5.39. The minimum atomic E-state index is -1.11. The molecule has 1 aromatic rings. The molecule has 0 fully saturated rings. The third-order valence-corrected chi connectivity index (χ3v) is 3.03. The molecule has 2 N–H and O–H groups in total. The second-order valence-corrected chi connectivity index (χ2v) is 4.61. The molecule has 1 atom stereocenters. The molecule has 6 heteroatoms. The topological polar surface area (TPSA) is 75.6 Å². The zero-order valence-corrected chi connectivity index (χ0v) is 11.7. The molecule has 0 radical (unpaired) electrons. The zero-order chi connectivity index (χ0) is 13.7. The standard InChI is InChI=1S/C12H14BrNO4/c1-7-3-4-8(9(13)5-7)11(15)14-6-10(18-2)12(16)17/h3-5,10H,6H2,1-2H3,(H,14,15)(H,16,17). The predicted molar refractivity (Wildman–Crippen MR) is 69.6 cm³/mol. The molecule has 0 saturated heterocycles. The monoisotopic (exact) mass is 315 g/mol. The van der Waals surface area contributed by atoms with Gasteiger partial charge in [0.25, 0.3) is 5.91 Å². The number of rotatable bonds is 5. The maximum atomic E-state index is 11.8. The highest BCUT2D eigenvalue weighted by Gasteiger charge is 2.18. The van der Waals surface area contributed by atoms with Crippen molar-refractivity contribution in [2.24, 2.45) is 0 Å². The zero-order valence-electron chi connectivity index (χ0n) is 10.1. The number of aliphatic carboxylic acids is 1. The van der Waals surface area contributed by atoms with E-state index in [-0.39, 0.29) is 12.5 Å². The third-order valence-electron chi connectivity index (χ3n) is 2.38. The van der Waals surface area contributed by atoms with Gasteiger partial charge in [0.15, 0.2) is 6.10 Å². The fourth-order valence-electron chi connectivity index (χ4n) is 1.36. The fourth-order valence-corrected chi connectivity index (χ4v) is 2.03. The average molecular weight is 316 g/mol. The van der Waals surface area contributed by atoms with Gasteiger partial charge in [-0.1, -0.05) is 6.07 Å². The third kappa shape index (κ3) is 3.82. The van der Waals surface area contributed by atoms with Gasteiger partial charge in [-0.05, 0) is 40.5 Å². The van der Waals surface area contributed by atoms with Crippen LogP contribution in [0.5, 0.6) is 0 Å². The van der Waals surface area contributed by atoms with E-state index in [1.165, 1.54) is 7.11 Å². The van der Waals surface area contributed by atoms with Crippen molar-refractivity contribution in [1.29, 1.82) is 0 Å². The van der Waals surface area contributed by atoms with Gasteiger partial charge in [0.1, 0.15) is 0 Å². The van der Waals surface area contributed by atoms with Crippen LogP contribution in [0, 0.1) is 6.92 Å². The molecule has 1 rings (SSSR count). The summed E-state index contributed by atoms with van der Waals surface area (Å²) in [4.78, 5) is 22.5. The summed E-state index contributed by atoms with van der Waals surface area (Å²) in [6, 6.07) is 5.31. The number of halogens is 1. The number of ether oxygens (including phenoxy) is 1. The second-order valence-electron chi connectivity index (χ2n) is 3.76. The van der Waals surface area contributed by atoms with Crippen molar-refractivity contribution in [3.05, 3.63) is 33.8 Å². The lowest BCUT2D eigenvalue weighted by Gasteiger charge is -2.12. The molecule has 1 aromatic carbocycles. The van der Waals surface area contributed by atoms with Gasteiger partial charge in [0.2, 0.25) is 0 Å².